The lowest BCUT2D eigenvalue weighted by Gasteiger charge is -2.42. The molecule has 40 heavy (non-hydrogen) atoms. The number of nitrogens with one attached hydrogen (secondary N) is 2. The first-order valence-corrected chi connectivity index (χ1v) is 13.0. The van der Waals surface area contributed by atoms with Crippen molar-refractivity contribution in [3.8, 4) is 0 Å². The number of anilines is 2. The number of nitrogens with zero attached hydrogens (tertiary/aromatic N) is 2. The highest BCUT2D eigenvalue weighted by atomic mass is 35.5. The molecule has 0 bridgehead atoms. The second-order valence-electron chi connectivity index (χ2n) is 10.4. The Kier molecular flexibility index (Phi) is 10.0. The fourth-order valence-electron chi connectivity index (χ4n) is 4.30. The smallest absolute Gasteiger partial charge is 0.390 e. The van der Waals surface area contributed by atoms with Crippen LogP contribution in [0.4, 0.5) is 33.3 Å². The van der Waals surface area contributed by atoms with Crippen LogP contribution >= 0.6 is 11.6 Å². The monoisotopic (exact) mass is 590 g/mol. The van der Waals surface area contributed by atoms with Gasteiger partial charge in [0.1, 0.15) is 0 Å². The average Bonchev–Trinajstić information content (AvgIpc) is 2.88. The van der Waals surface area contributed by atoms with Crippen molar-refractivity contribution in [3.05, 3.63) is 58.1 Å². The van der Waals surface area contributed by atoms with Crippen LogP contribution in [0.1, 0.15) is 43.1 Å². The van der Waals surface area contributed by atoms with Gasteiger partial charge in [-0.05, 0) is 45.0 Å². The first-order valence-electron chi connectivity index (χ1n) is 12.7. The van der Waals surface area contributed by atoms with E-state index in [0.717, 1.165) is 6.07 Å². The van der Waals surface area contributed by atoms with Crippen molar-refractivity contribution in [2.45, 2.75) is 46.0 Å². The van der Waals surface area contributed by atoms with E-state index in [1.54, 1.807) is 11.0 Å². The number of aliphatic hydroxyl groups is 1. The molecule has 2 amide bonds. The molecule has 1 aliphatic heterocycles. The number of alkyl halides is 3. The lowest BCUT2D eigenvalue weighted by molar-refractivity contribution is -0.138. The van der Waals surface area contributed by atoms with Crippen molar-refractivity contribution >= 4 is 34.8 Å². The fourth-order valence-corrected chi connectivity index (χ4v) is 4.47. The van der Waals surface area contributed by atoms with E-state index in [1.165, 1.54) is 32.0 Å². The molecular formula is C27H32ClF5N4O3. The van der Waals surface area contributed by atoms with Gasteiger partial charge in [-0.3, -0.25) is 14.5 Å². The average molecular weight is 591 g/mol. The standard InChI is InChI=1S/C27H32ClF5N4O3/c1-16-14-36(9-8-27(31,32)33)10-11-37(16)21-12-18(28)5-7-20(21)35-24(39)19-6-4-17(22(29)23(19)30)13-34-25(40)26(2,3)15-38/h4-7,12,16,38H,8-11,13-15H2,1-3H3,(H,34,40)(H,35,39)/t16-/m1/s1. The molecule has 0 unspecified atom stereocenters. The number of carbonyl (C=O) groups excluding carboxylic acids is 2. The summed E-state index contributed by atoms with van der Waals surface area (Å²) in [7, 11) is 0. The third kappa shape index (κ3) is 7.82. The molecule has 0 aliphatic carbocycles. The zero-order valence-corrected chi connectivity index (χ0v) is 23.1. The van der Waals surface area contributed by atoms with Crippen LogP contribution < -0.4 is 15.5 Å². The van der Waals surface area contributed by atoms with E-state index in [1.807, 2.05) is 11.8 Å². The summed E-state index contributed by atoms with van der Waals surface area (Å²) in [5.41, 5.74) is -1.09. The number of hydrogen-bond donors (Lipinski definition) is 3. The van der Waals surface area contributed by atoms with Crippen molar-refractivity contribution in [2.75, 3.05) is 43.0 Å². The lowest BCUT2D eigenvalue weighted by Crippen LogP contribution is -2.52. The van der Waals surface area contributed by atoms with Gasteiger partial charge in [-0.15, -0.1) is 0 Å². The third-order valence-corrected chi connectivity index (χ3v) is 7.03. The number of benzene rings is 2. The molecule has 3 rings (SSSR count). The van der Waals surface area contributed by atoms with E-state index >= 15 is 0 Å². The van der Waals surface area contributed by atoms with Crippen LogP contribution in [0.3, 0.4) is 0 Å². The predicted molar refractivity (Wildman–Crippen MR) is 142 cm³/mol. The van der Waals surface area contributed by atoms with Gasteiger partial charge in [-0.25, -0.2) is 8.78 Å². The Bertz CT molecular complexity index is 1240. The summed E-state index contributed by atoms with van der Waals surface area (Å²) in [4.78, 5) is 28.7. The Morgan fingerprint density at radius 1 is 1.10 bits per heavy atom. The van der Waals surface area contributed by atoms with Crippen molar-refractivity contribution in [2.24, 2.45) is 5.41 Å². The quantitative estimate of drug-likeness (QED) is 0.359. The summed E-state index contributed by atoms with van der Waals surface area (Å²) >= 11 is 6.19. The van der Waals surface area contributed by atoms with Crippen LogP contribution in [0.15, 0.2) is 30.3 Å². The van der Waals surface area contributed by atoms with Gasteiger partial charge >= 0.3 is 6.18 Å². The summed E-state index contributed by atoms with van der Waals surface area (Å²) in [6.07, 6.45) is -5.16. The zero-order valence-electron chi connectivity index (χ0n) is 22.3. The maximum Gasteiger partial charge on any atom is 0.390 e. The third-order valence-electron chi connectivity index (χ3n) is 6.80. The molecule has 0 saturated carbocycles. The second-order valence-corrected chi connectivity index (χ2v) is 10.9. The molecular weight excluding hydrogens is 559 g/mol. The van der Waals surface area contributed by atoms with Crippen molar-refractivity contribution in [1.82, 2.24) is 10.2 Å². The van der Waals surface area contributed by atoms with E-state index < -0.39 is 53.6 Å². The van der Waals surface area contributed by atoms with Gasteiger partial charge in [0.05, 0.1) is 35.4 Å². The van der Waals surface area contributed by atoms with Crippen LogP contribution in [0.5, 0.6) is 0 Å². The normalized spacial score (nSPS) is 16.6. The van der Waals surface area contributed by atoms with Crippen molar-refractivity contribution in [1.29, 1.82) is 0 Å². The molecule has 1 fully saturated rings. The zero-order chi connectivity index (χ0) is 29.8. The first kappa shape index (κ1) is 31.6. The van der Waals surface area contributed by atoms with Gasteiger partial charge in [0.2, 0.25) is 5.91 Å². The van der Waals surface area contributed by atoms with Crippen LogP contribution in [0, 0.1) is 17.0 Å². The molecule has 1 aliphatic rings. The minimum atomic E-state index is -4.25. The molecule has 1 atom stereocenters. The van der Waals surface area contributed by atoms with Gasteiger partial charge < -0.3 is 20.6 Å². The minimum Gasteiger partial charge on any atom is -0.395 e. The van der Waals surface area contributed by atoms with Gasteiger partial charge in [-0.2, -0.15) is 13.2 Å². The molecule has 220 valence electrons. The molecule has 7 nitrogen and oxygen atoms in total. The summed E-state index contributed by atoms with van der Waals surface area (Å²) in [5.74, 6) is -4.17. The maximum atomic E-state index is 14.9. The molecule has 3 N–H and O–H groups in total. The predicted octanol–water partition coefficient (Wildman–Crippen LogP) is 4.97. The van der Waals surface area contributed by atoms with Crippen molar-refractivity contribution in [3.63, 3.8) is 0 Å². The van der Waals surface area contributed by atoms with Crippen LogP contribution in [-0.4, -0.2) is 66.8 Å². The Balaban J connectivity index is 1.74. The molecule has 13 heteroatoms. The van der Waals surface area contributed by atoms with E-state index in [9.17, 15) is 36.6 Å². The molecule has 0 spiro atoms. The summed E-state index contributed by atoms with van der Waals surface area (Å²) < 4.78 is 67.6. The van der Waals surface area contributed by atoms with E-state index in [2.05, 4.69) is 10.6 Å². The lowest BCUT2D eigenvalue weighted by atomic mass is 9.93. The highest BCUT2D eigenvalue weighted by Crippen LogP contribution is 2.33. The number of rotatable bonds is 9. The van der Waals surface area contributed by atoms with Gasteiger partial charge in [-0.1, -0.05) is 17.7 Å². The van der Waals surface area contributed by atoms with Gasteiger partial charge in [0, 0.05) is 49.4 Å². The molecule has 0 radical (unpaired) electrons. The van der Waals surface area contributed by atoms with Gasteiger partial charge in [0.15, 0.2) is 11.6 Å². The number of hydrogen-bond acceptors (Lipinski definition) is 5. The topological polar surface area (TPSA) is 84.9 Å². The van der Waals surface area contributed by atoms with Crippen LogP contribution in [0.2, 0.25) is 5.02 Å². The molecule has 2 aromatic rings. The highest BCUT2D eigenvalue weighted by molar-refractivity contribution is 6.31. The van der Waals surface area contributed by atoms with E-state index in [4.69, 9.17) is 11.6 Å². The minimum absolute atomic E-state index is 0.121. The summed E-state index contributed by atoms with van der Waals surface area (Å²) in [6, 6.07) is 6.68. The Morgan fingerprint density at radius 2 is 1.80 bits per heavy atom. The highest BCUT2D eigenvalue weighted by Gasteiger charge is 2.32. The van der Waals surface area contributed by atoms with E-state index in [0.29, 0.717) is 30.3 Å². The SMILES string of the molecule is C[C@@H]1CN(CCC(F)(F)F)CCN1c1cc(Cl)ccc1NC(=O)c1ccc(CNC(=O)C(C)(C)CO)c(F)c1F. The number of piperazine rings is 1. The Labute approximate surface area is 234 Å². The molecule has 2 aromatic carbocycles. The fraction of sp³-hybridized carbons (Fsp3) is 0.481. The summed E-state index contributed by atoms with van der Waals surface area (Å²) in [6.45, 7) is 4.98. The van der Waals surface area contributed by atoms with Crippen molar-refractivity contribution < 1.29 is 36.6 Å². The van der Waals surface area contributed by atoms with E-state index in [-0.39, 0.29) is 30.4 Å². The first-order chi connectivity index (χ1) is 18.6. The van der Waals surface area contributed by atoms with Gasteiger partial charge in [0.25, 0.3) is 5.91 Å². The Morgan fingerprint density at radius 3 is 2.42 bits per heavy atom. The largest absolute Gasteiger partial charge is 0.395 e. The van der Waals surface area contributed by atoms with Crippen LogP contribution in [0.25, 0.3) is 0 Å². The second kappa shape index (κ2) is 12.7. The number of halogens is 6. The van der Waals surface area contributed by atoms with Crippen LogP contribution in [-0.2, 0) is 11.3 Å². The summed E-state index contributed by atoms with van der Waals surface area (Å²) in [5, 5.41) is 14.7. The number of amides is 2. The number of aliphatic hydroxyl groups excluding tert-OH is 1. The molecule has 1 heterocycles. The molecule has 0 aromatic heterocycles. The molecule has 1 saturated heterocycles. The number of carbonyl (C=O) groups is 2. The maximum absolute atomic E-state index is 14.9. The Hall–Kier alpha value is -2.96.